The molecule has 110 valence electrons. The molecule has 1 atom stereocenters. The summed E-state index contributed by atoms with van der Waals surface area (Å²) in [6.07, 6.45) is 4.13. The first-order valence-electron chi connectivity index (χ1n) is 7.41. The van der Waals surface area contributed by atoms with Crippen LogP contribution in [-0.2, 0) is 9.47 Å². The Morgan fingerprint density at radius 3 is 2.80 bits per heavy atom. The minimum atomic E-state index is 0.0304. The van der Waals surface area contributed by atoms with Crippen LogP contribution in [0.2, 0.25) is 5.02 Å². The minimum absolute atomic E-state index is 0.0304. The highest BCUT2D eigenvalue weighted by Crippen LogP contribution is 2.35. The third-order valence-corrected chi connectivity index (χ3v) is 4.85. The molecular weight excluding hydrogens is 274 g/mol. The van der Waals surface area contributed by atoms with E-state index in [4.69, 9.17) is 21.1 Å². The zero-order valence-electron chi connectivity index (χ0n) is 12.0. The maximum atomic E-state index is 6.19. The van der Waals surface area contributed by atoms with E-state index in [0.29, 0.717) is 6.04 Å². The minimum Gasteiger partial charge on any atom is -0.382 e. The largest absolute Gasteiger partial charge is 0.382 e. The fourth-order valence-corrected chi connectivity index (χ4v) is 3.34. The van der Waals surface area contributed by atoms with Crippen LogP contribution in [-0.4, -0.2) is 31.5 Å². The highest BCUT2D eigenvalue weighted by molar-refractivity contribution is 6.31. The molecule has 1 unspecified atom stereocenters. The van der Waals surface area contributed by atoms with Crippen molar-refractivity contribution in [3.63, 3.8) is 0 Å². The predicted octanol–water partition coefficient (Wildman–Crippen LogP) is 3.79. The van der Waals surface area contributed by atoms with Crippen molar-refractivity contribution in [1.82, 2.24) is 0 Å². The molecule has 0 aromatic heterocycles. The molecule has 0 saturated carbocycles. The van der Waals surface area contributed by atoms with E-state index in [2.05, 4.69) is 17.4 Å². The Kier molecular flexibility index (Phi) is 4.20. The molecule has 2 fully saturated rings. The van der Waals surface area contributed by atoms with Crippen molar-refractivity contribution in [2.45, 2.75) is 44.2 Å². The average molecular weight is 296 g/mol. The second-order valence-corrected chi connectivity index (χ2v) is 6.35. The molecule has 4 heteroatoms. The zero-order chi connectivity index (χ0) is 14.0. The summed E-state index contributed by atoms with van der Waals surface area (Å²) in [5.74, 6) is 0. The van der Waals surface area contributed by atoms with Gasteiger partial charge in [-0.2, -0.15) is 0 Å². The van der Waals surface area contributed by atoms with Crippen molar-refractivity contribution < 1.29 is 9.47 Å². The van der Waals surface area contributed by atoms with Gasteiger partial charge in [-0.15, -0.1) is 0 Å². The van der Waals surface area contributed by atoms with E-state index in [0.717, 1.165) is 61.8 Å². The number of anilines is 1. The van der Waals surface area contributed by atoms with E-state index in [1.54, 1.807) is 0 Å². The summed E-state index contributed by atoms with van der Waals surface area (Å²) in [5.41, 5.74) is 2.25. The molecule has 2 aliphatic heterocycles. The van der Waals surface area contributed by atoms with Gasteiger partial charge in [0, 0.05) is 36.6 Å². The number of aryl methyl sites for hydroxylation is 1. The lowest BCUT2D eigenvalue weighted by Gasteiger charge is -2.43. The number of halogens is 1. The maximum Gasteiger partial charge on any atom is 0.0745 e. The Balaban J connectivity index is 1.66. The van der Waals surface area contributed by atoms with Gasteiger partial charge in [-0.05, 0) is 50.3 Å². The molecule has 2 heterocycles. The van der Waals surface area contributed by atoms with Gasteiger partial charge in [0.1, 0.15) is 0 Å². The van der Waals surface area contributed by atoms with Gasteiger partial charge >= 0.3 is 0 Å². The topological polar surface area (TPSA) is 30.5 Å². The number of benzene rings is 1. The van der Waals surface area contributed by atoms with Crippen LogP contribution >= 0.6 is 11.6 Å². The third kappa shape index (κ3) is 3.11. The van der Waals surface area contributed by atoms with Gasteiger partial charge < -0.3 is 14.8 Å². The van der Waals surface area contributed by atoms with Crippen molar-refractivity contribution in [2.24, 2.45) is 0 Å². The van der Waals surface area contributed by atoms with Gasteiger partial charge in [-0.25, -0.2) is 0 Å². The quantitative estimate of drug-likeness (QED) is 0.900. The third-order valence-electron chi connectivity index (χ3n) is 4.44. The second kappa shape index (κ2) is 5.92. The van der Waals surface area contributed by atoms with E-state index in [-0.39, 0.29) is 5.60 Å². The van der Waals surface area contributed by atoms with Crippen molar-refractivity contribution in [2.75, 3.05) is 25.1 Å². The summed E-state index contributed by atoms with van der Waals surface area (Å²) in [6.45, 7) is 4.50. The van der Waals surface area contributed by atoms with Crippen LogP contribution in [0.5, 0.6) is 0 Å². The van der Waals surface area contributed by atoms with Crippen LogP contribution in [0.15, 0.2) is 18.2 Å². The van der Waals surface area contributed by atoms with Crippen molar-refractivity contribution in [3.8, 4) is 0 Å². The molecule has 1 N–H and O–H groups in total. The molecule has 3 nitrogen and oxygen atoms in total. The number of hydrogen-bond acceptors (Lipinski definition) is 3. The summed E-state index contributed by atoms with van der Waals surface area (Å²) < 4.78 is 11.5. The van der Waals surface area contributed by atoms with Crippen molar-refractivity contribution in [1.29, 1.82) is 0 Å². The van der Waals surface area contributed by atoms with Gasteiger partial charge in [-0.3, -0.25) is 0 Å². The molecule has 0 amide bonds. The summed E-state index contributed by atoms with van der Waals surface area (Å²) >= 11 is 6.19. The highest BCUT2D eigenvalue weighted by atomic mass is 35.5. The van der Waals surface area contributed by atoms with E-state index < -0.39 is 0 Å². The molecule has 1 spiro atoms. The first-order valence-corrected chi connectivity index (χ1v) is 7.79. The summed E-state index contributed by atoms with van der Waals surface area (Å²) in [5, 5.41) is 4.44. The number of hydrogen-bond donors (Lipinski definition) is 1. The first kappa shape index (κ1) is 14.2. The fourth-order valence-electron chi connectivity index (χ4n) is 3.16. The van der Waals surface area contributed by atoms with E-state index in [9.17, 15) is 0 Å². The average Bonchev–Trinajstić information content (AvgIpc) is 2.44. The Labute approximate surface area is 125 Å². The van der Waals surface area contributed by atoms with Crippen LogP contribution in [0.1, 0.15) is 31.2 Å². The lowest BCUT2D eigenvalue weighted by Crippen LogP contribution is -2.47. The van der Waals surface area contributed by atoms with Crippen molar-refractivity contribution >= 4 is 17.3 Å². The molecule has 3 rings (SSSR count). The predicted molar refractivity (Wildman–Crippen MR) is 81.6 cm³/mol. The van der Waals surface area contributed by atoms with Crippen LogP contribution in [0, 0.1) is 6.92 Å². The monoisotopic (exact) mass is 295 g/mol. The molecule has 1 aromatic carbocycles. The maximum absolute atomic E-state index is 6.19. The number of ether oxygens (including phenoxy) is 2. The Hall–Kier alpha value is -0.770. The Morgan fingerprint density at radius 1 is 1.25 bits per heavy atom. The SMILES string of the molecule is Cc1ccc(NC2CCOC3(CCOCC3)C2)cc1Cl. The van der Waals surface area contributed by atoms with Gasteiger partial charge in [0.25, 0.3) is 0 Å². The highest BCUT2D eigenvalue weighted by Gasteiger charge is 2.38. The molecule has 0 bridgehead atoms. The normalized spacial score (nSPS) is 25.6. The van der Waals surface area contributed by atoms with Gasteiger partial charge in [0.05, 0.1) is 5.60 Å². The molecule has 20 heavy (non-hydrogen) atoms. The lowest BCUT2D eigenvalue weighted by atomic mass is 9.84. The van der Waals surface area contributed by atoms with E-state index >= 15 is 0 Å². The molecule has 0 aliphatic carbocycles. The van der Waals surface area contributed by atoms with Gasteiger partial charge in [0.15, 0.2) is 0 Å². The zero-order valence-corrected chi connectivity index (χ0v) is 12.7. The van der Waals surface area contributed by atoms with Gasteiger partial charge in [-0.1, -0.05) is 17.7 Å². The lowest BCUT2D eigenvalue weighted by molar-refractivity contribution is -0.135. The fraction of sp³-hybridized carbons (Fsp3) is 0.625. The van der Waals surface area contributed by atoms with Crippen molar-refractivity contribution in [3.05, 3.63) is 28.8 Å². The standard InChI is InChI=1S/C16H22ClNO2/c1-12-2-3-13(10-15(12)17)18-14-4-7-20-16(11-14)5-8-19-9-6-16/h2-3,10,14,18H,4-9,11H2,1H3. The van der Waals surface area contributed by atoms with Gasteiger partial charge in [0.2, 0.25) is 0 Å². The van der Waals surface area contributed by atoms with Crippen LogP contribution < -0.4 is 5.32 Å². The Bertz CT molecular complexity index is 466. The summed E-state index contributed by atoms with van der Waals surface area (Å²) in [6, 6.07) is 6.64. The van der Waals surface area contributed by atoms with Crippen LogP contribution in [0.25, 0.3) is 0 Å². The molecule has 1 aromatic rings. The molecule has 2 aliphatic rings. The first-order chi connectivity index (χ1) is 9.67. The summed E-state index contributed by atoms with van der Waals surface area (Å²) in [4.78, 5) is 0. The van der Waals surface area contributed by atoms with Crippen LogP contribution in [0.4, 0.5) is 5.69 Å². The molecule has 0 radical (unpaired) electrons. The molecule has 2 saturated heterocycles. The number of nitrogens with one attached hydrogen (secondary N) is 1. The van der Waals surface area contributed by atoms with E-state index in [1.165, 1.54) is 0 Å². The van der Waals surface area contributed by atoms with Crippen LogP contribution in [0.3, 0.4) is 0 Å². The second-order valence-electron chi connectivity index (χ2n) is 5.94. The molecular formula is C16H22ClNO2. The summed E-state index contributed by atoms with van der Waals surface area (Å²) in [7, 11) is 0. The number of rotatable bonds is 2. The smallest absolute Gasteiger partial charge is 0.0745 e. The Morgan fingerprint density at radius 2 is 2.05 bits per heavy atom. The van der Waals surface area contributed by atoms with E-state index in [1.807, 2.05) is 13.0 Å².